The minimum atomic E-state index is -6.17. The van der Waals surface area contributed by atoms with E-state index in [-0.39, 0.29) is 0 Å². The number of halogens is 3. The molecule has 0 rings (SSSR count). The lowest BCUT2D eigenvalue weighted by Crippen LogP contribution is -2.27. The summed E-state index contributed by atoms with van der Waals surface area (Å²) < 4.78 is 32.7. The van der Waals surface area contributed by atoms with Gasteiger partial charge in [-0.1, -0.05) is 0 Å². The molecule has 0 amide bonds. The van der Waals surface area contributed by atoms with Crippen LogP contribution in [0.2, 0.25) is 0 Å². The van der Waals surface area contributed by atoms with Crippen molar-refractivity contribution >= 4 is 11.2 Å². The van der Waals surface area contributed by atoms with E-state index in [1.54, 1.807) is 0 Å². The van der Waals surface area contributed by atoms with Crippen LogP contribution in [0.1, 0.15) is 0 Å². The molecule has 0 aromatic carbocycles. The van der Waals surface area contributed by atoms with Crippen LogP contribution in [0.5, 0.6) is 0 Å². The summed E-state index contributed by atoms with van der Waals surface area (Å²) >= 11 is -6.17. The molecule has 0 heterocycles. The zero-order chi connectivity index (χ0) is 7.00. The number of rotatable bonds is 1. The topological polar surface area (TPSA) is 60.7 Å². The van der Waals surface area contributed by atoms with Gasteiger partial charge in [-0.2, -0.15) is 0 Å². The van der Waals surface area contributed by atoms with Crippen LogP contribution in [0.3, 0.4) is 0 Å². The third kappa shape index (κ3) is 1.86. The molecule has 0 aromatic rings. The maximum absolute atomic E-state index is 10.9. The van der Waals surface area contributed by atoms with E-state index in [9.17, 15) is 11.7 Å². The third-order valence-electron chi connectivity index (χ3n) is 0.311. The maximum atomic E-state index is 10.9. The van der Waals surface area contributed by atoms with Crippen LogP contribution >= 0.6 is 11.2 Å². The van der Waals surface area contributed by atoms with E-state index in [1.165, 1.54) is 0 Å². The summed E-state index contributed by atoms with van der Waals surface area (Å²) in [6, 6.07) is 0. The first-order chi connectivity index (χ1) is 3.25. The molecule has 0 bridgehead atoms. The molecule has 0 radical (unpaired) electrons. The average molecular weight is 152 g/mol. The first-order valence-corrected chi connectivity index (χ1v) is 2.67. The van der Waals surface area contributed by atoms with E-state index in [2.05, 4.69) is 0 Å². The van der Waals surface area contributed by atoms with E-state index in [0.29, 0.717) is 0 Å². The molecule has 0 spiro atoms. The molecule has 0 aliphatic rings. The zero-order valence-corrected chi connectivity index (χ0v) is 4.20. The highest BCUT2D eigenvalue weighted by molar-refractivity contribution is 8.21. The SMILES string of the molecule is OC(O)(O)S(F)(F)F. The van der Waals surface area contributed by atoms with Crippen molar-refractivity contribution in [3.05, 3.63) is 0 Å². The van der Waals surface area contributed by atoms with Crippen molar-refractivity contribution in [3.8, 4) is 0 Å². The Morgan fingerprint density at radius 2 is 1.12 bits per heavy atom. The summed E-state index contributed by atoms with van der Waals surface area (Å²) in [6.07, 6.45) is 0. The fourth-order valence-corrected chi connectivity index (χ4v) is 0. The molecule has 0 saturated carbocycles. The summed E-state index contributed by atoms with van der Waals surface area (Å²) in [5, 5.41) is 17.7. The molecule has 0 fully saturated rings. The third-order valence-corrected chi connectivity index (χ3v) is 0.932. The van der Waals surface area contributed by atoms with E-state index >= 15 is 0 Å². The van der Waals surface area contributed by atoms with Gasteiger partial charge >= 0.3 is 5.31 Å². The highest BCUT2D eigenvalue weighted by atomic mass is 32.3. The monoisotopic (exact) mass is 152 g/mol. The Kier molecular flexibility index (Phi) is 1.77. The van der Waals surface area contributed by atoms with Crippen LogP contribution in [-0.2, 0) is 0 Å². The van der Waals surface area contributed by atoms with Gasteiger partial charge in [0.25, 0.3) is 11.2 Å². The Labute approximate surface area is 44.6 Å². The van der Waals surface area contributed by atoms with E-state index < -0.39 is 16.5 Å². The number of hydrogen-bond donors (Lipinski definition) is 3. The fourth-order valence-electron chi connectivity index (χ4n) is 0. The van der Waals surface area contributed by atoms with Gasteiger partial charge in [0.1, 0.15) is 0 Å². The lowest BCUT2D eigenvalue weighted by Gasteiger charge is -2.19. The number of aliphatic hydroxyl groups is 3. The fraction of sp³-hybridized carbons (Fsp3) is 1.00. The molecule has 0 aliphatic heterocycles. The van der Waals surface area contributed by atoms with Crippen molar-refractivity contribution in [2.75, 3.05) is 0 Å². The van der Waals surface area contributed by atoms with Gasteiger partial charge in [-0.25, -0.2) is 0 Å². The second kappa shape index (κ2) is 1.76. The predicted molar refractivity (Wildman–Crippen MR) is 20.3 cm³/mol. The second-order valence-corrected chi connectivity index (χ2v) is 2.34. The predicted octanol–water partition coefficient (Wildman–Crippen LogP) is 0.0327. The summed E-state index contributed by atoms with van der Waals surface area (Å²) in [4.78, 5) is 0. The van der Waals surface area contributed by atoms with Crippen molar-refractivity contribution in [1.29, 1.82) is 0 Å². The van der Waals surface area contributed by atoms with Crippen LogP contribution in [0.25, 0.3) is 0 Å². The lowest BCUT2D eigenvalue weighted by atomic mass is 11.3. The zero-order valence-electron chi connectivity index (χ0n) is 3.38. The van der Waals surface area contributed by atoms with Gasteiger partial charge in [0.05, 0.1) is 0 Å². The van der Waals surface area contributed by atoms with Crippen LogP contribution < -0.4 is 0 Å². The van der Waals surface area contributed by atoms with E-state index in [4.69, 9.17) is 15.3 Å². The van der Waals surface area contributed by atoms with E-state index in [0.717, 1.165) is 0 Å². The molecule has 52 valence electrons. The van der Waals surface area contributed by atoms with Gasteiger partial charge in [-0.3, -0.25) is 0 Å². The van der Waals surface area contributed by atoms with Gasteiger partial charge < -0.3 is 15.3 Å². The normalized spacial score (nSPS) is 16.2. The van der Waals surface area contributed by atoms with Gasteiger partial charge in [0.15, 0.2) is 0 Å². The van der Waals surface area contributed by atoms with Gasteiger partial charge in [0.2, 0.25) is 0 Å². The minimum absolute atomic E-state index is 4.48. The number of hydrogen-bond acceptors (Lipinski definition) is 3. The molecule has 0 unspecified atom stereocenters. The first-order valence-electron chi connectivity index (χ1n) is 1.34. The summed E-state index contributed by atoms with van der Waals surface area (Å²) in [5.74, 6) is 0. The van der Waals surface area contributed by atoms with Crippen molar-refractivity contribution < 1.29 is 27.0 Å². The summed E-state index contributed by atoms with van der Waals surface area (Å²) in [7, 11) is 0. The molecule has 3 N–H and O–H groups in total. The summed E-state index contributed by atoms with van der Waals surface area (Å²) in [6.45, 7) is 0. The molecule has 0 saturated heterocycles. The molecular formula is CH3F3O3S. The molecule has 8 heavy (non-hydrogen) atoms. The Morgan fingerprint density at radius 3 is 1.12 bits per heavy atom. The Morgan fingerprint density at radius 1 is 1.00 bits per heavy atom. The minimum Gasteiger partial charge on any atom is -0.330 e. The lowest BCUT2D eigenvalue weighted by molar-refractivity contribution is -0.246. The molecule has 0 aliphatic carbocycles. The van der Waals surface area contributed by atoms with Crippen molar-refractivity contribution in [2.45, 2.75) is 5.31 Å². The Balaban J connectivity index is 4.02. The quantitative estimate of drug-likeness (QED) is 0.464. The van der Waals surface area contributed by atoms with Crippen molar-refractivity contribution in [1.82, 2.24) is 0 Å². The van der Waals surface area contributed by atoms with Crippen LogP contribution in [-0.4, -0.2) is 20.6 Å². The average Bonchev–Trinajstić information content (AvgIpc) is 1.25. The standard InChI is InChI=1S/CH3F3O3S/c2-8(3,4)1(5,6)7/h5-7H. The molecule has 0 atom stereocenters. The smallest absolute Gasteiger partial charge is 0.330 e. The second-order valence-electron chi connectivity index (χ2n) is 0.980. The summed E-state index contributed by atoms with van der Waals surface area (Å²) in [5.41, 5.74) is 0. The van der Waals surface area contributed by atoms with Crippen molar-refractivity contribution in [3.63, 3.8) is 0 Å². The van der Waals surface area contributed by atoms with Crippen LogP contribution in [0.4, 0.5) is 11.7 Å². The molecule has 7 heteroatoms. The highest BCUT2D eigenvalue weighted by Crippen LogP contribution is 2.60. The highest BCUT2D eigenvalue weighted by Gasteiger charge is 2.47. The largest absolute Gasteiger partial charge is 0.395 e. The Bertz CT molecular complexity index is 69.5. The molecular weight excluding hydrogens is 149 g/mol. The first kappa shape index (κ1) is 8.02. The van der Waals surface area contributed by atoms with Gasteiger partial charge in [-0.15, -0.1) is 11.7 Å². The van der Waals surface area contributed by atoms with Gasteiger partial charge in [-0.05, 0) is 0 Å². The van der Waals surface area contributed by atoms with Crippen molar-refractivity contribution in [2.24, 2.45) is 0 Å². The molecule has 3 nitrogen and oxygen atoms in total. The Hall–Kier alpha value is 0.0200. The molecule has 0 aromatic heterocycles. The van der Waals surface area contributed by atoms with Crippen LogP contribution in [0.15, 0.2) is 0 Å². The maximum Gasteiger partial charge on any atom is 0.395 e. The van der Waals surface area contributed by atoms with Gasteiger partial charge in [0, 0.05) is 0 Å². The van der Waals surface area contributed by atoms with E-state index in [1.807, 2.05) is 0 Å². The van der Waals surface area contributed by atoms with Crippen LogP contribution in [0, 0.1) is 0 Å².